The Labute approximate surface area is 89.1 Å². The van der Waals surface area contributed by atoms with Gasteiger partial charge in [-0.15, -0.1) is 0 Å². The fourth-order valence-corrected chi connectivity index (χ4v) is 1.81. The first-order chi connectivity index (χ1) is 7.16. The number of nitrogens with one attached hydrogen (secondary N) is 1. The van der Waals surface area contributed by atoms with Crippen molar-refractivity contribution in [3.05, 3.63) is 23.0 Å². The molecule has 0 spiro atoms. The van der Waals surface area contributed by atoms with E-state index >= 15 is 0 Å². The average molecular weight is 224 g/mol. The highest BCUT2D eigenvalue weighted by atomic mass is 32.1. The molecule has 0 unspecified atom stereocenters. The molecule has 2 heterocycles. The Morgan fingerprint density at radius 1 is 1.67 bits per heavy atom. The van der Waals surface area contributed by atoms with Gasteiger partial charge in [-0.2, -0.15) is 0 Å². The lowest BCUT2D eigenvalue weighted by molar-refractivity contribution is 0.102. The predicted molar refractivity (Wildman–Crippen MR) is 55.7 cm³/mol. The van der Waals surface area contributed by atoms with Gasteiger partial charge in [-0.25, -0.2) is 4.98 Å². The number of carbonyl (C=O) groups is 1. The summed E-state index contributed by atoms with van der Waals surface area (Å²) >= 11 is 1.15. The number of hydrogen-bond donors (Lipinski definition) is 2. The summed E-state index contributed by atoms with van der Waals surface area (Å²) in [5.74, 6) is -0.259. The van der Waals surface area contributed by atoms with Crippen LogP contribution in [0.2, 0.25) is 0 Å². The summed E-state index contributed by atoms with van der Waals surface area (Å²) < 4.78 is 4.59. The van der Waals surface area contributed by atoms with Gasteiger partial charge >= 0.3 is 0 Å². The number of aromatic nitrogens is 2. The molecule has 6 nitrogen and oxygen atoms in total. The molecular formula is C8H8N4O2S. The lowest BCUT2D eigenvalue weighted by atomic mass is 10.3. The minimum atomic E-state index is -0.259. The van der Waals surface area contributed by atoms with Crippen molar-refractivity contribution in [2.45, 2.75) is 6.92 Å². The number of amides is 1. The smallest absolute Gasteiger partial charge is 0.267 e. The van der Waals surface area contributed by atoms with Crippen molar-refractivity contribution in [3.63, 3.8) is 0 Å². The van der Waals surface area contributed by atoms with Crippen molar-refractivity contribution >= 4 is 28.1 Å². The molecule has 0 aliphatic heterocycles. The topological polar surface area (TPSA) is 94.0 Å². The van der Waals surface area contributed by atoms with Crippen molar-refractivity contribution < 1.29 is 9.32 Å². The van der Waals surface area contributed by atoms with Crippen LogP contribution in [0.5, 0.6) is 0 Å². The van der Waals surface area contributed by atoms with Crippen LogP contribution < -0.4 is 11.1 Å². The van der Waals surface area contributed by atoms with E-state index in [0.717, 1.165) is 11.3 Å². The molecule has 0 radical (unpaired) electrons. The third kappa shape index (κ3) is 1.96. The van der Waals surface area contributed by atoms with E-state index in [-0.39, 0.29) is 5.91 Å². The molecule has 0 bridgehead atoms. The molecule has 0 fully saturated rings. The van der Waals surface area contributed by atoms with Crippen LogP contribution in [0.15, 0.2) is 17.0 Å². The molecule has 0 aromatic carbocycles. The van der Waals surface area contributed by atoms with Gasteiger partial charge in [-0.1, -0.05) is 16.5 Å². The van der Waals surface area contributed by atoms with Crippen molar-refractivity contribution in [1.29, 1.82) is 0 Å². The zero-order valence-electron chi connectivity index (χ0n) is 7.85. The summed E-state index contributed by atoms with van der Waals surface area (Å²) in [6.07, 6.45) is 2.76. The molecule has 15 heavy (non-hydrogen) atoms. The highest BCUT2D eigenvalue weighted by Crippen LogP contribution is 2.20. The molecular weight excluding hydrogens is 216 g/mol. The first-order valence-electron chi connectivity index (χ1n) is 4.10. The van der Waals surface area contributed by atoms with E-state index < -0.39 is 0 Å². The molecule has 0 saturated heterocycles. The molecule has 0 saturated carbocycles. The molecule has 0 atom stereocenters. The molecule has 2 rings (SSSR count). The van der Waals surface area contributed by atoms with Crippen molar-refractivity contribution in [2.75, 3.05) is 11.1 Å². The Hall–Kier alpha value is -1.89. The third-order valence-corrected chi connectivity index (χ3v) is 2.69. The maximum absolute atomic E-state index is 11.7. The summed E-state index contributed by atoms with van der Waals surface area (Å²) in [5.41, 5.74) is 6.61. The second-order valence-electron chi connectivity index (χ2n) is 2.83. The number of anilines is 2. The third-order valence-electron chi connectivity index (χ3n) is 1.71. The van der Waals surface area contributed by atoms with Crippen molar-refractivity contribution in [1.82, 2.24) is 10.1 Å². The van der Waals surface area contributed by atoms with E-state index in [2.05, 4.69) is 20.0 Å². The first-order valence-corrected chi connectivity index (χ1v) is 4.92. The van der Waals surface area contributed by atoms with E-state index in [1.54, 1.807) is 6.92 Å². The lowest BCUT2D eigenvalue weighted by Gasteiger charge is -1.98. The van der Waals surface area contributed by atoms with Crippen LogP contribution >= 0.6 is 11.3 Å². The second kappa shape index (κ2) is 3.70. The molecule has 0 aliphatic rings. The van der Waals surface area contributed by atoms with E-state index in [1.165, 1.54) is 12.5 Å². The van der Waals surface area contributed by atoms with Gasteiger partial charge in [0.05, 0.1) is 11.9 Å². The monoisotopic (exact) mass is 224 g/mol. The number of carbonyl (C=O) groups excluding carboxylic acids is 1. The van der Waals surface area contributed by atoms with Crippen LogP contribution in [-0.4, -0.2) is 16.0 Å². The molecule has 2 aromatic heterocycles. The Morgan fingerprint density at radius 3 is 3.00 bits per heavy atom. The van der Waals surface area contributed by atoms with E-state index in [1.807, 2.05) is 0 Å². The van der Waals surface area contributed by atoms with Gasteiger partial charge in [-0.3, -0.25) is 4.79 Å². The zero-order valence-corrected chi connectivity index (χ0v) is 8.67. The minimum Gasteiger partial charge on any atom is -0.375 e. The van der Waals surface area contributed by atoms with Gasteiger partial charge in [0.25, 0.3) is 5.91 Å². The summed E-state index contributed by atoms with van der Waals surface area (Å²) in [4.78, 5) is 16.1. The zero-order chi connectivity index (χ0) is 10.8. The van der Waals surface area contributed by atoms with E-state index in [0.29, 0.717) is 21.4 Å². The maximum Gasteiger partial charge on any atom is 0.267 e. The van der Waals surface area contributed by atoms with Crippen LogP contribution in [0.1, 0.15) is 15.4 Å². The molecule has 0 aliphatic carbocycles. The number of thiazole rings is 1. The largest absolute Gasteiger partial charge is 0.375 e. The Balaban J connectivity index is 2.18. The van der Waals surface area contributed by atoms with Gasteiger partial charge in [0, 0.05) is 0 Å². The standard InChI is InChI=1S/C8H8N4O2S/c1-4-6(15-8(9)11-4)7(13)12-5-2-10-14-3-5/h2-3H,1H3,(H2,9,11)(H,12,13). The summed E-state index contributed by atoms with van der Waals surface area (Å²) in [6, 6.07) is 0. The predicted octanol–water partition coefficient (Wildman–Crippen LogP) is 1.27. The van der Waals surface area contributed by atoms with Crippen LogP contribution in [-0.2, 0) is 0 Å². The number of nitrogens with two attached hydrogens (primary N) is 1. The molecule has 7 heteroatoms. The number of hydrogen-bond acceptors (Lipinski definition) is 6. The average Bonchev–Trinajstić information content (AvgIpc) is 2.75. The van der Waals surface area contributed by atoms with Crippen molar-refractivity contribution in [2.24, 2.45) is 0 Å². The second-order valence-corrected chi connectivity index (χ2v) is 3.86. The number of aryl methyl sites for hydroxylation is 1. The molecule has 1 amide bonds. The fourth-order valence-electron chi connectivity index (χ4n) is 1.08. The first kappa shape index (κ1) is 9.66. The normalized spacial score (nSPS) is 10.2. The van der Waals surface area contributed by atoms with Gasteiger partial charge in [0.1, 0.15) is 16.8 Å². The van der Waals surface area contributed by atoms with Gasteiger partial charge in [0.2, 0.25) is 0 Å². The van der Waals surface area contributed by atoms with Crippen LogP contribution in [0.3, 0.4) is 0 Å². The van der Waals surface area contributed by atoms with E-state index in [4.69, 9.17) is 5.73 Å². The van der Waals surface area contributed by atoms with E-state index in [9.17, 15) is 4.79 Å². The summed E-state index contributed by atoms with van der Waals surface area (Å²) in [7, 11) is 0. The minimum absolute atomic E-state index is 0.259. The SMILES string of the molecule is Cc1nc(N)sc1C(=O)Nc1cnoc1. The molecule has 3 N–H and O–H groups in total. The Bertz CT molecular complexity index is 477. The Kier molecular flexibility index (Phi) is 2.38. The number of nitrogen functional groups attached to an aromatic ring is 1. The fraction of sp³-hybridized carbons (Fsp3) is 0.125. The molecule has 2 aromatic rings. The lowest BCUT2D eigenvalue weighted by Crippen LogP contribution is -2.10. The maximum atomic E-state index is 11.7. The van der Waals surface area contributed by atoms with Gasteiger partial charge < -0.3 is 15.6 Å². The highest BCUT2D eigenvalue weighted by Gasteiger charge is 2.14. The number of rotatable bonds is 2. The van der Waals surface area contributed by atoms with Crippen LogP contribution in [0.4, 0.5) is 10.8 Å². The highest BCUT2D eigenvalue weighted by molar-refractivity contribution is 7.17. The quantitative estimate of drug-likeness (QED) is 0.801. The Morgan fingerprint density at radius 2 is 2.47 bits per heavy atom. The summed E-state index contributed by atoms with van der Waals surface area (Å²) in [6.45, 7) is 1.73. The van der Waals surface area contributed by atoms with Gasteiger partial charge in [-0.05, 0) is 6.92 Å². The number of nitrogens with zero attached hydrogens (tertiary/aromatic N) is 2. The van der Waals surface area contributed by atoms with Gasteiger partial charge in [0.15, 0.2) is 5.13 Å². The summed E-state index contributed by atoms with van der Waals surface area (Å²) in [5, 5.41) is 6.46. The molecule has 78 valence electrons. The van der Waals surface area contributed by atoms with Crippen LogP contribution in [0.25, 0.3) is 0 Å². The van der Waals surface area contributed by atoms with Crippen LogP contribution in [0, 0.1) is 6.92 Å². The van der Waals surface area contributed by atoms with Crippen molar-refractivity contribution in [3.8, 4) is 0 Å².